The first kappa shape index (κ1) is 18.9. The Hall–Kier alpha value is -2.46. The van der Waals surface area contributed by atoms with Gasteiger partial charge in [0.05, 0.1) is 0 Å². The minimum Gasteiger partial charge on any atom is -0.381 e. The van der Waals surface area contributed by atoms with Gasteiger partial charge in [0.15, 0.2) is 5.78 Å². The molecule has 25 heavy (non-hydrogen) atoms. The molecule has 0 aromatic heterocycles. The molecule has 1 aliphatic carbocycles. The first-order chi connectivity index (χ1) is 11.6. The summed E-state index contributed by atoms with van der Waals surface area (Å²) in [6, 6.07) is 9.21. The Morgan fingerprint density at radius 1 is 1.24 bits per heavy atom. The molecule has 1 amide bonds. The summed E-state index contributed by atoms with van der Waals surface area (Å²) in [6.07, 6.45) is 6.65. The second kappa shape index (κ2) is 7.19. The molecule has 2 N–H and O–H groups in total. The Balaban J connectivity index is 2.15. The van der Waals surface area contributed by atoms with E-state index in [4.69, 9.17) is 0 Å². The van der Waals surface area contributed by atoms with Crippen molar-refractivity contribution in [3.63, 3.8) is 0 Å². The summed E-state index contributed by atoms with van der Waals surface area (Å²) >= 11 is 0. The van der Waals surface area contributed by atoms with Crippen LogP contribution in [0.25, 0.3) is 0 Å². The zero-order valence-corrected chi connectivity index (χ0v) is 15.2. The Morgan fingerprint density at radius 2 is 1.88 bits per heavy atom. The Bertz CT molecular complexity index is 757. The van der Waals surface area contributed by atoms with Gasteiger partial charge < -0.3 is 10.4 Å². The highest BCUT2D eigenvalue weighted by molar-refractivity contribution is 6.00. The standard InChI is InChI=1S/C21H25NO3/c1-15(12-19(24)22-17-8-6-5-7-9-17)10-11-21(25)16(2)13-18(23)14-20(21,3)4/h5-13,25H,14H2,1-4H3,(H,22,24)/b11-10+,15-12-. The van der Waals surface area contributed by atoms with Gasteiger partial charge in [-0.2, -0.15) is 0 Å². The molecule has 0 bridgehead atoms. The number of benzene rings is 1. The second-order valence-corrected chi connectivity index (χ2v) is 7.20. The Labute approximate surface area is 148 Å². The number of aliphatic hydroxyl groups is 1. The number of allylic oxidation sites excluding steroid dienone is 3. The molecule has 1 aliphatic rings. The van der Waals surface area contributed by atoms with Crippen LogP contribution in [-0.4, -0.2) is 22.4 Å². The average molecular weight is 339 g/mol. The van der Waals surface area contributed by atoms with Gasteiger partial charge in [-0.25, -0.2) is 0 Å². The largest absolute Gasteiger partial charge is 0.381 e. The van der Waals surface area contributed by atoms with Crippen LogP contribution in [0, 0.1) is 5.41 Å². The number of amides is 1. The third-order valence-electron chi connectivity index (χ3n) is 4.61. The third kappa shape index (κ3) is 4.34. The summed E-state index contributed by atoms with van der Waals surface area (Å²) in [5, 5.41) is 13.9. The number of ketones is 1. The lowest BCUT2D eigenvalue weighted by Crippen LogP contribution is -2.48. The van der Waals surface area contributed by atoms with Gasteiger partial charge in [0, 0.05) is 23.6 Å². The third-order valence-corrected chi connectivity index (χ3v) is 4.61. The molecular formula is C21H25NO3. The maximum Gasteiger partial charge on any atom is 0.248 e. The molecule has 4 nitrogen and oxygen atoms in total. The van der Waals surface area contributed by atoms with Crippen molar-refractivity contribution in [2.24, 2.45) is 5.41 Å². The number of hydrogen-bond acceptors (Lipinski definition) is 3. The zero-order chi connectivity index (χ0) is 18.7. The molecule has 0 spiro atoms. The van der Waals surface area contributed by atoms with Crippen LogP contribution in [0.3, 0.4) is 0 Å². The minimum absolute atomic E-state index is 0.0232. The number of carbonyl (C=O) groups excluding carboxylic acids is 2. The molecule has 0 radical (unpaired) electrons. The first-order valence-electron chi connectivity index (χ1n) is 8.32. The highest BCUT2D eigenvalue weighted by atomic mass is 16.3. The van der Waals surface area contributed by atoms with E-state index >= 15 is 0 Å². The van der Waals surface area contributed by atoms with E-state index in [0.717, 1.165) is 5.69 Å². The highest BCUT2D eigenvalue weighted by Crippen LogP contribution is 2.44. The van der Waals surface area contributed by atoms with Gasteiger partial charge in [-0.3, -0.25) is 9.59 Å². The number of nitrogens with one attached hydrogen (secondary N) is 1. The van der Waals surface area contributed by atoms with Gasteiger partial charge in [-0.15, -0.1) is 0 Å². The lowest BCUT2D eigenvalue weighted by Gasteiger charge is -2.44. The number of anilines is 1. The van der Waals surface area contributed by atoms with Crippen LogP contribution >= 0.6 is 0 Å². The van der Waals surface area contributed by atoms with Gasteiger partial charge in [0.1, 0.15) is 5.60 Å². The predicted molar refractivity (Wildman–Crippen MR) is 100 cm³/mol. The summed E-state index contributed by atoms with van der Waals surface area (Å²) in [4.78, 5) is 23.8. The Morgan fingerprint density at radius 3 is 2.48 bits per heavy atom. The quantitative estimate of drug-likeness (QED) is 0.647. The summed E-state index contributed by atoms with van der Waals surface area (Å²) < 4.78 is 0. The normalized spacial score (nSPS) is 23.5. The number of para-hydroxylation sites is 1. The maximum absolute atomic E-state index is 12.0. The predicted octanol–water partition coefficient (Wildman–Crippen LogP) is 3.80. The molecule has 0 fully saturated rings. The van der Waals surface area contributed by atoms with Crippen molar-refractivity contribution in [2.75, 3.05) is 5.32 Å². The van der Waals surface area contributed by atoms with Crippen molar-refractivity contribution in [3.8, 4) is 0 Å². The topological polar surface area (TPSA) is 66.4 Å². The SMILES string of the molecule is CC1=CC(=O)CC(C)(C)C1(O)/C=C/C(C)=C\C(=O)Nc1ccccc1. The van der Waals surface area contributed by atoms with E-state index in [9.17, 15) is 14.7 Å². The van der Waals surface area contributed by atoms with Gasteiger partial charge in [-0.1, -0.05) is 38.1 Å². The van der Waals surface area contributed by atoms with E-state index in [-0.39, 0.29) is 18.1 Å². The molecule has 0 aliphatic heterocycles. The molecule has 1 atom stereocenters. The van der Waals surface area contributed by atoms with Gasteiger partial charge in [0.25, 0.3) is 0 Å². The van der Waals surface area contributed by atoms with Crippen LogP contribution in [0.15, 0.2) is 65.8 Å². The van der Waals surface area contributed by atoms with Crippen molar-refractivity contribution in [1.82, 2.24) is 0 Å². The van der Waals surface area contributed by atoms with Crippen LogP contribution in [0.4, 0.5) is 5.69 Å². The minimum atomic E-state index is -1.22. The molecule has 1 aromatic carbocycles. The van der Waals surface area contributed by atoms with Crippen LogP contribution < -0.4 is 5.32 Å². The van der Waals surface area contributed by atoms with Gasteiger partial charge in [0.2, 0.25) is 5.91 Å². The molecule has 1 aromatic rings. The molecule has 0 saturated heterocycles. The first-order valence-corrected chi connectivity index (χ1v) is 8.32. The van der Waals surface area contributed by atoms with Gasteiger partial charge >= 0.3 is 0 Å². The highest BCUT2D eigenvalue weighted by Gasteiger charge is 2.46. The van der Waals surface area contributed by atoms with E-state index in [1.807, 2.05) is 44.2 Å². The summed E-state index contributed by atoms with van der Waals surface area (Å²) in [5.41, 5.74) is 0.233. The summed E-state index contributed by atoms with van der Waals surface area (Å²) in [5.74, 6) is -0.208. The monoisotopic (exact) mass is 339 g/mol. The van der Waals surface area contributed by atoms with E-state index in [1.165, 1.54) is 12.2 Å². The molecule has 0 heterocycles. The van der Waals surface area contributed by atoms with Crippen LogP contribution in [0.1, 0.15) is 34.1 Å². The molecule has 2 rings (SSSR count). The number of carbonyl (C=O) groups is 2. The fourth-order valence-corrected chi connectivity index (χ4v) is 3.07. The van der Waals surface area contributed by atoms with Crippen LogP contribution in [-0.2, 0) is 9.59 Å². The van der Waals surface area contributed by atoms with E-state index in [0.29, 0.717) is 11.1 Å². The summed E-state index contributed by atoms with van der Waals surface area (Å²) in [7, 11) is 0. The van der Waals surface area contributed by atoms with Crippen LogP contribution in [0.5, 0.6) is 0 Å². The zero-order valence-electron chi connectivity index (χ0n) is 15.2. The average Bonchev–Trinajstić information content (AvgIpc) is 2.51. The lowest BCUT2D eigenvalue weighted by molar-refractivity contribution is -0.121. The van der Waals surface area contributed by atoms with Crippen molar-refractivity contribution in [3.05, 3.63) is 65.8 Å². The fourth-order valence-electron chi connectivity index (χ4n) is 3.07. The lowest BCUT2D eigenvalue weighted by atomic mass is 9.64. The van der Waals surface area contributed by atoms with Crippen molar-refractivity contribution in [1.29, 1.82) is 0 Å². The van der Waals surface area contributed by atoms with Crippen LogP contribution in [0.2, 0.25) is 0 Å². The van der Waals surface area contributed by atoms with E-state index in [2.05, 4.69) is 5.32 Å². The van der Waals surface area contributed by atoms with Gasteiger partial charge in [-0.05, 0) is 49.3 Å². The smallest absolute Gasteiger partial charge is 0.248 e. The molecule has 132 valence electrons. The fraction of sp³-hybridized carbons (Fsp3) is 0.333. The molecule has 1 unspecified atom stereocenters. The van der Waals surface area contributed by atoms with Crippen molar-refractivity contribution >= 4 is 17.4 Å². The maximum atomic E-state index is 12.0. The molecule has 0 saturated carbocycles. The second-order valence-electron chi connectivity index (χ2n) is 7.20. The van der Waals surface area contributed by atoms with E-state index < -0.39 is 11.0 Å². The van der Waals surface area contributed by atoms with Crippen molar-refractivity contribution in [2.45, 2.75) is 39.7 Å². The number of rotatable bonds is 4. The van der Waals surface area contributed by atoms with E-state index in [1.54, 1.807) is 26.0 Å². The number of hydrogen-bond donors (Lipinski definition) is 2. The Kier molecular flexibility index (Phi) is 5.43. The molecule has 4 heteroatoms. The summed E-state index contributed by atoms with van der Waals surface area (Å²) in [6.45, 7) is 7.29. The van der Waals surface area contributed by atoms with Crippen molar-refractivity contribution < 1.29 is 14.7 Å². The molecular weight excluding hydrogens is 314 g/mol.